The molecule has 1 aliphatic rings. The first-order valence-electron chi connectivity index (χ1n) is 5.69. The Bertz CT molecular complexity index is 659. The predicted molar refractivity (Wildman–Crippen MR) is 70.1 cm³/mol. The standard InChI is InChI=1S/C14H12O3S/c15-18(16,17)9-14-12-7-3-1-5-10(12)11-6-2-4-8-13(11)14/h1-8,14H,9H2,(H,15,16,17). The van der Waals surface area contributed by atoms with E-state index in [1.165, 1.54) is 0 Å². The fourth-order valence-electron chi connectivity index (χ4n) is 2.65. The molecular formula is C14H12O3S. The Labute approximate surface area is 106 Å². The van der Waals surface area contributed by atoms with Crippen LogP contribution < -0.4 is 0 Å². The van der Waals surface area contributed by atoms with Crippen LogP contribution in [0.15, 0.2) is 48.5 Å². The van der Waals surface area contributed by atoms with Gasteiger partial charge in [-0.15, -0.1) is 0 Å². The molecule has 0 radical (unpaired) electrons. The highest BCUT2D eigenvalue weighted by Crippen LogP contribution is 2.44. The Morgan fingerprint density at radius 3 is 1.78 bits per heavy atom. The van der Waals surface area contributed by atoms with Gasteiger partial charge in [0.2, 0.25) is 0 Å². The van der Waals surface area contributed by atoms with Crippen LogP contribution in [0.4, 0.5) is 0 Å². The second-order valence-corrected chi connectivity index (χ2v) is 5.97. The molecule has 0 unspecified atom stereocenters. The molecule has 0 aliphatic heterocycles. The Morgan fingerprint density at radius 1 is 0.889 bits per heavy atom. The van der Waals surface area contributed by atoms with Gasteiger partial charge in [-0.1, -0.05) is 48.5 Å². The van der Waals surface area contributed by atoms with E-state index in [2.05, 4.69) is 0 Å². The second-order valence-electron chi connectivity index (χ2n) is 4.48. The van der Waals surface area contributed by atoms with Gasteiger partial charge in [-0.05, 0) is 22.3 Å². The van der Waals surface area contributed by atoms with E-state index in [1.807, 2.05) is 48.5 Å². The van der Waals surface area contributed by atoms with E-state index in [-0.39, 0.29) is 11.7 Å². The summed E-state index contributed by atoms with van der Waals surface area (Å²) in [6, 6.07) is 15.5. The molecular weight excluding hydrogens is 248 g/mol. The molecule has 1 N–H and O–H groups in total. The molecule has 3 rings (SSSR count). The van der Waals surface area contributed by atoms with E-state index in [0.717, 1.165) is 22.3 Å². The Balaban J connectivity index is 2.21. The number of rotatable bonds is 2. The summed E-state index contributed by atoms with van der Waals surface area (Å²) in [6.45, 7) is 0. The van der Waals surface area contributed by atoms with E-state index in [4.69, 9.17) is 4.55 Å². The molecule has 1 aliphatic carbocycles. The predicted octanol–water partition coefficient (Wildman–Crippen LogP) is 2.69. The summed E-state index contributed by atoms with van der Waals surface area (Å²) in [7, 11) is -3.99. The van der Waals surface area contributed by atoms with Crippen molar-refractivity contribution < 1.29 is 13.0 Å². The summed E-state index contributed by atoms with van der Waals surface area (Å²) in [5.74, 6) is -0.534. The van der Waals surface area contributed by atoms with Crippen LogP contribution in [-0.4, -0.2) is 18.7 Å². The monoisotopic (exact) mass is 260 g/mol. The molecule has 0 bridgehead atoms. The van der Waals surface area contributed by atoms with Gasteiger partial charge in [0, 0.05) is 5.92 Å². The quantitative estimate of drug-likeness (QED) is 0.845. The van der Waals surface area contributed by atoms with Gasteiger partial charge in [-0.25, -0.2) is 0 Å². The molecule has 0 saturated carbocycles. The van der Waals surface area contributed by atoms with Crippen LogP contribution in [0.5, 0.6) is 0 Å². The number of fused-ring (bicyclic) bond motifs is 3. The third-order valence-electron chi connectivity index (χ3n) is 3.34. The van der Waals surface area contributed by atoms with Crippen LogP contribution in [0, 0.1) is 0 Å². The van der Waals surface area contributed by atoms with Crippen molar-refractivity contribution in [2.24, 2.45) is 0 Å². The average Bonchev–Trinajstić information content (AvgIpc) is 2.64. The first-order valence-corrected chi connectivity index (χ1v) is 7.30. The zero-order chi connectivity index (χ0) is 12.8. The largest absolute Gasteiger partial charge is 0.286 e. The minimum Gasteiger partial charge on any atom is -0.286 e. The zero-order valence-electron chi connectivity index (χ0n) is 9.58. The first kappa shape index (κ1) is 11.4. The molecule has 0 amide bonds. The van der Waals surface area contributed by atoms with Crippen molar-refractivity contribution in [2.45, 2.75) is 5.92 Å². The Kier molecular flexibility index (Phi) is 2.50. The number of hydrogen-bond acceptors (Lipinski definition) is 2. The molecule has 0 fully saturated rings. The summed E-state index contributed by atoms with van der Waals surface area (Å²) in [5.41, 5.74) is 4.05. The van der Waals surface area contributed by atoms with Crippen LogP contribution in [0.3, 0.4) is 0 Å². The molecule has 3 nitrogen and oxygen atoms in total. The van der Waals surface area contributed by atoms with Crippen molar-refractivity contribution in [1.82, 2.24) is 0 Å². The van der Waals surface area contributed by atoms with Crippen LogP contribution in [0.2, 0.25) is 0 Å². The average molecular weight is 260 g/mol. The molecule has 0 saturated heterocycles. The molecule has 18 heavy (non-hydrogen) atoms. The lowest BCUT2D eigenvalue weighted by atomic mass is 9.99. The lowest BCUT2D eigenvalue weighted by molar-refractivity contribution is 0.480. The minimum atomic E-state index is -3.99. The molecule has 0 spiro atoms. The van der Waals surface area contributed by atoms with Gasteiger partial charge < -0.3 is 0 Å². The van der Waals surface area contributed by atoms with Gasteiger partial charge in [-0.3, -0.25) is 4.55 Å². The zero-order valence-corrected chi connectivity index (χ0v) is 10.4. The van der Waals surface area contributed by atoms with Crippen molar-refractivity contribution >= 4 is 10.1 Å². The van der Waals surface area contributed by atoms with Crippen LogP contribution in [0.1, 0.15) is 17.0 Å². The van der Waals surface area contributed by atoms with Gasteiger partial charge in [0.15, 0.2) is 0 Å². The fraction of sp³-hybridized carbons (Fsp3) is 0.143. The maximum atomic E-state index is 11.2. The van der Waals surface area contributed by atoms with Crippen molar-refractivity contribution in [2.75, 3.05) is 5.75 Å². The second kappa shape index (κ2) is 3.93. The Morgan fingerprint density at radius 2 is 1.33 bits per heavy atom. The van der Waals surface area contributed by atoms with E-state index in [0.29, 0.717) is 0 Å². The van der Waals surface area contributed by atoms with E-state index in [9.17, 15) is 8.42 Å². The maximum absolute atomic E-state index is 11.2. The van der Waals surface area contributed by atoms with E-state index < -0.39 is 10.1 Å². The lowest BCUT2D eigenvalue weighted by Crippen LogP contribution is -2.12. The summed E-state index contributed by atoms with van der Waals surface area (Å²) in [4.78, 5) is 0. The van der Waals surface area contributed by atoms with Crippen molar-refractivity contribution in [3.63, 3.8) is 0 Å². The topological polar surface area (TPSA) is 54.4 Å². The minimum absolute atomic E-state index is 0.263. The third-order valence-corrected chi connectivity index (χ3v) is 4.09. The van der Waals surface area contributed by atoms with Crippen LogP contribution in [0.25, 0.3) is 11.1 Å². The number of hydrogen-bond donors (Lipinski definition) is 1. The summed E-state index contributed by atoms with van der Waals surface area (Å²) < 4.78 is 31.4. The van der Waals surface area contributed by atoms with Crippen molar-refractivity contribution in [3.05, 3.63) is 59.7 Å². The smallest absolute Gasteiger partial charge is 0.265 e. The molecule has 2 aromatic rings. The normalized spacial score (nSPS) is 14.3. The van der Waals surface area contributed by atoms with Gasteiger partial charge in [0.25, 0.3) is 10.1 Å². The van der Waals surface area contributed by atoms with E-state index in [1.54, 1.807) is 0 Å². The summed E-state index contributed by atoms with van der Waals surface area (Å²) in [5, 5.41) is 0. The van der Waals surface area contributed by atoms with Gasteiger partial charge >= 0.3 is 0 Å². The molecule has 0 atom stereocenters. The molecule has 0 aromatic heterocycles. The highest BCUT2D eigenvalue weighted by atomic mass is 32.2. The van der Waals surface area contributed by atoms with Crippen LogP contribution >= 0.6 is 0 Å². The summed E-state index contributed by atoms with van der Waals surface area (Å²) in [6.07, 6.45) is 0. The molecule has 2 aromatic carbocycles. The van der Waals surface area contributed by atoms with Gasteiger partial charge in [0.1, 0.15) is 0 Å². The van der Waals surface area contributed by atoms with Crippen molar-refractivity contribution in [3.8, 4) is 11.1 Å². The van der Waals surface area contributed by atoms with Crippen LogP contribution in [-0.2, 0) is 10.1 Å². The highest BCUT2D eigenvalue weighted by Gasteiger charge is 2.30. The lowest BCUT2D eigenvalue weighted by Gasteiger charge is -2.11. The first-order chi connectivity index (χ1) is 8.56. The van der Waals surface area contributed by atoms with Gasteiger partial charge in [0.05, 0.1) is 5.75 Å². The maximum Gasteiger partial charge on any atom is 0.265 e. The van der Waals surface area contributed by atoms with Crippen molar-refractivity contribution in [1.29, 1.82) is 0 Å². The highest BCUT2D eigenvalue weighted by molar-refractivity contribution is 7.85. The SMILES string of the molecule is O=S(=O)(O)CC1c2ccccc2-c2ccccc21. The Hall–Kier alpha value is -1.65. The molecule has 92 valence electrons. The third kappa shape index (κ3) is 1.83. The summed E-state index contributed by atoms with van der Waals surface area (Å²) >= 11 is 0. The fourth-order valence-corrected chi connectivity index (χ4v) is 3.43. The molecule has 4 heteroatoms. The van der Waals surface area contributed by atoms with Gasteiger partial charge in [-0.2, -0.15) is 8.42 Å². The number of benzene rings is 2. The molecule has 0 heterocycles. The van der Waals surface area contributed by atoms with E-state index >= 15 is 0 Å².